The molecule has 0 bridgehead atoms. The largest absolute Gasteiger partial charge is 0.475 e. The molecule has 3 heterocycles. The van der Waals surface area contributed by atoms with E-state index in [4.69, 9.17) is 9.26 Å². The second-order valence-electron chi connectivity index (χ2n) is 9.40. The Bertz CT molecular complexity index is 1320. The van der Waals surface area contributed by atoms with Gasteiger partial charge in [-0.15, -0.1) is 0 Å². The molecule has 8 nitrogen and oxygen atoms in total. The van der Waals surface area contributed by atoms with Crippen LogP contribution in [0, 0.1) is 11.7 Å². The van der Waals surface area contributed by atoms with Crippen molar-refractivity contribution in [2.24, 2.45) is 5.92 Å². The van der Waals surface area contributed by atoms with Crippen LogP contribution in [0.25, 0.3) is 11.0 Å². The van der Waals surface area contributed by atoms with Crippen molar-refractivity contribution in [1.29, 1.82) is 0 Å². The molecule has 1 unspecified atom stereocenters. The van der Waals surface area contributed by atoms with Crippen LogP contribution >= 0.6 is 0 Å². The van der Waals surface area contributed by atoms with Gasteiger partial charge in [-0.2, -0.15) is 0 Å². The highest BCUT2D eigenvalue weighted by atomic mass is 32.2. The predicted molar refractivity (Wildman–Crippen MR) is 121 cm³/mol. The first kappa shape index (κ1) is 20.6. The maximum absolute atomic E-state index is 14.7. The molecule has 1 amide bonds. The molecule has 1 aliphatic heterocycles. The Balaban J connectivity index is 1.38. The van der Waals surface area contributed by atoms with E-state index in [1.807, 2.05) is 19.9 Å². The van der Waals surface area contributed by atoms with Gasteiger partial charge in [0.15, 0.2) is 17.2 Å². The van der Waals surface area contributed by atoms with Gasteiger partial charge >= 0.3 is 0 Å². The van der Waals surface area contributed by atoms with Crippen LogP contribution in [0.15, 0.2) is 28.9 Å². The van der Waals surface area contributed by atoms with E-state index in [-0.39, 0.29) is 23.0 Å². The third-order valence-corrected chi connectivity index (χ3v) is 7.81. The molecule has 2 aromatic heterocycles. The summed E-state index contributed by atoms with van der Waals surface area (Å²) in [6.45, 7) is 4.29. The highest BCUT2D eigenvalue weighted by molar-refractivity contribution is 7.87. The number of nitrogens with zero attached hydrogens (tertiary/aromatic N) is 3. The fourth-order valence-electron chi connectivity index (χ4n) is 4.27. The molecule has 2 aliphatic carbocycles. The Morgan fingerprint density at radius 3 is 2.79 bits per heavy atom. The quantitative estimate of drug-likeness (QED) is 0.552. The molecule has 1 atom stereocenters. The van der Waals surface area contributed by atoms with Gasteiger partial charge in [0.25, 0.3) is 5.88 Å². The second kappa shape index (κ2) is 7.24. The number of carbonyl (C=O) groups is 1. The van der Waals surface area contributed by atoms with E-state index >= 15 is 0 Å². The van der Waals surface area contributed by atoms with E-state index in [1.54, 1.807) is 6.07 Å². The lowest BCUT2D eigenvalue weighted by atomic mass is 9.96. The maximum Gasteiger partial charge on any atom is 0.250 e. The Morgan fingerprint density at radius 1 is 1.33 bits per heavy atom. The van der Waals surface area contributed by atoms with Crippen molar-refractivity contribution in [1.82, 2.24) is 10.1 Å². The molecular weight excluding hydrogens is 447 g/mol. The number of rotatable bonds is 7. The third kappa shape index (κ3) is 3.30. The van der Waals surface area contributed by atoms with Gasteiger partial charge in [-0.3, -0.25) is 14.4 Å². The van der Waals surface area contributed by atoms with Crippen molar-refractivity contribution in [2.45, 2.75) is 50.2 Å². The maximum atomic E-state index is 14.7. The average Bonchev–Trinajstić information content (AvgIpc) is 3.70. The first-order valence-corrected chi connectivity index (χ1v) is 12.3. The average molecular weight is 471 g/mol. The number of nitrogens with one attached hydrogen (secondary N) is 1. The second-order valence-corrected chi connectivity index (χ2v) is 10.9. The molecule has 1 spiro atoms. The van der Waals surface area contributed by atoms with Gasteiger partial charge in [0.1, 0.15) is 11.0 Å². The van der Waals surface area contributed by atoms with Crippen molar-refractivity contribution in [3.63, 3.8) is 0 Å². The Morgan fingerprint density at radius 2 is 2.12 bits per heavy atom. The molecule has 2 saturated carbocycles. The van der Waals surface area contributed by atoms with Gasteiger partial charge in [-0.05, 0) is 43.2 Å². The molecular formula is C23H23FN4O4S. The van der Waals surface area contributed by atoms with Crippen LogP contribution in [0.4, 0.5) is 21.6 Å². The van der Waals surface area contributed by atoms with E-state index < -0.39 is 22.2 Å². The molecule has 6 rings (SSSR count). The lowest BCUT2D eigenvalue weighted by Crippen LogP contribution is -2.28. The van der Waals surface area contributed by atoms with Crippen LogP contribution in [0.3, 0.4) is 0 Å². The highest BCUT2D eigenvalue weighted by Gasteiger charge is 2.60. The van der Waals surface area contributed by atoms with Crippen LogP contribution < -0.4 is 14.4 Å². The SMILES string of the molecule is CC(C)COc1ncc(N2C(=O)C3(CC3)c3cc4c(NS(=O)C5CC5)noc4cc32)cc1F. The number of ether oxygens (including phenoxy) is 1. The number of fused-ring (bicyclic) bond motifs is 3. The van der Waals surface area contributed by atoms with E-state index in [9.17, 15) is 13.4 Å². The number of hydrogen-bond donors (Lipinski definition) is 1. The lowest BCUT2D eigenvalue weighted by Gasteiger charge is -2.18. The standard InChI is InChI=1S/C23H23FN4O4S/c1-12(2)11-31-21-17(24)7-13(10-25-21)28-18-9-19-15(8-16(18)23(5-6-23)22(28)29)20(26-32-19)27-33(30)14-3-4-14/h7-10,12,14H,3-6,11H2,1-2H3,(H,26,27). The number of halogens is 1. The summed E-state index contributed by atoms with van der Waals surface area (Å²) in [5.41, 5.74) is 1.66. The van der Waals surface area contributed by atoms with Crippen molar-refractivity contribution in [2.75, 3.05) is 16.2 Å². The smallest absolute Gasteiger partial charge is 0.250 e. The molecule has 3 aromatic rings. The summed E-state index contributed by atoms with van der Waals surface area (Å²) < 4.78 is 40.9. The minimum Gasteiger partial charge on any atom is -0.475 e. The van der Waals surface area contributed by atoms with Crippen molar-refractivity contribution < 1.29 is 22.7 Å². The summed E-state index contributed by atoms with van der Waals surface area (Å²) in [5.74, 6) is -0.150. The van der Waals surface area contributed by atoms with Gasteiger partial charge < -0.3 is 9.26 Å². The van der Waals surface area contributed by atoms with E-state index in [1.165, 1.54) is 17.2 Å². The molecule has 2 fully saturated rings. The summed E-state index contributed by atoms with van der Waals surface area (Å²) >= 11 is 0. The summed E-state index contributed by atoms with van der Waals surface area (Å²) in [6.07, 6.45) is 4.76. The first-order chi connectivity index (χ1) is 15.9. The zero-order valence-electron chi connectivity index (χ0n) is 18.3. The number of aromatic nitrogens is 2. The Hall–Kier alpha value is -3.01. The van der Waals surface area contributed by atoms with Crippen LogP contribution in [0.1, 0.15) is 45.1 Å². The van der Waals surface area contributed by atoms with Gasteiger partial charge in [-0.1, -0.05) is 19.0 Å². The summed E-state index contributed by atoms with van der Waals surface area (Å²) in [4.78, 5) is 19.1. The molecule has 172 valence electrons. The van der Waals surface area contributed by atoms with Crippen molar-refractivity contribution >= 4 is 45.1 Å². The zero-order chi connectivity index (χ0) is 22.9. The highest BCUT2D eigenvalue weighted by Crippen LogP contribution is 2.60. The first-order valence-electron chi connectivity index (χ1n) is 11.1. The zero-order valence-corrected chi connectivity index (χ0v) is 19.1. The predicted octanol–water partition coefficient (Wildman–Crippen LogP) is 4.34. The number of pyridine rings is 1. The minimum atomic E-state index is -1.21. The molecule has 1 aromatic carbocycles. The van der Waals surface area contributed by atoms with Gasteiger partial charge in [0, 0.05) is 12.1 Å². The number of amides is 1. The van der Waals surface area contributed by atoms with Gasteiger partial charge in [0.2, 0.25) is 5.91 Å². The summed E-state index contributed by atoms with van der Waals surface area (Å²) in [5, 5.41) is 4.89. The molecule has 0 saturated heterocycles. The lowest BCUT2D eigenvalue weighted by molar-refractivity contribution is -0.119. The number of benzene rings is 1. The topological polar surface area (TPSA) is 97.6 Å². The molecule has 0 radical (unpaired) electrons. The number of carbonyl (C=O) groups excluding carboxylic acids is 1. The number of anilines is 3. The van der Waals surface area contributed by atoms with Crippen LogP contribution in [0.5, 0.6) is 5.88 Å². The number of hydrogen-bond acceptors (Lipinski definition) is 6. The molecule has 3 aliphatic rings. The van der Waals surface area contributed by atoms with Gasteiger partial charge in [0.05, 0.1) is 40.2 Å². The van der Waals surface area contributed by atoms with E-state index in [0.717, 1.165) is 18.4 Å². The van der Waals surface area contributed by atoms with Crippen molar-refractivity contribution in [3.8, 4) is 5.88 Å². The Kier molecular flexibility index (Phi) is 4.52. The van der Waals surface area contributed by atoms with E-state index in [0.29, 0.717) is 47.6 Å². The monoisotopic (exact) mass is 470 g/mol. The fraction of sp³-hybridized carbons (Fsp3) is 0.435. The van der Waals surface area contributed by atoms with Gasteiger partial charge in [-0.25, -0.2) is 13.6 Å². The van der Waals surface area contributed by atoms with Crippen LogP contribution in [-0.4, -0.2) is 32.1 Å². The fourth-order valence-corrected chi connectivity index (χ4v) is 5.34. The summed E-state index contributed by atoms with van der Waals surface area (Å²) in [7, 11) is -1.21. The van der Waals surface area contributed by atoms with Crippen molar-refractivity contribution in [3.05, 3.63) is 35.8 Å². The molecule has 33 heavy (non-hydrogen) atoms. The normalized spacial score (nSPS) is 19.4. The van der Waals surface area contributed by atoms with Crippen LogP contribution in [0.2, 0.25) is 0 Å². The van der Waals surface area contributed by atoms with Crippen LogP contribution in [-0.2, 0) is 21.2 Å². The minimum absolute atomic E-state index is 0.0782. The summed E-state index contributed by atoms with van der Waals surface area (Å²) in [6, 6.07) is 4.92. The third-order valence-electron chi connectivity index (χ3n) is 6.34. The molecule has 1 N–H and O–H groups in total. The van der Waals surface area contributed by atoms with E-state index in [2.05, 4.69) is 14.9 Å². The Labute approximate surface area is 192 Å². The molecule has 10 heteroatoms.